The second kappa shape index (κ2) is 5.79. The molecule has 0 radical (unpaired) electrons. The highest BCUT2D eigenvalue weighted by atomic mass is 16.2. The Balaban J connectivity index is 1.56. The number of hydrogen-bond donors (Lipinski definition) is 1. The molecule has 0 bridgehead atoms. The van der Waals surface area contributed by atoms with Gasteiger partial charge in [0.1, 0.15) is 12.2 Å². The number of likely N-dealkylation sites (tertiary alicyclic amines) is 1. The summed E-state index contributed by atoms with van der Waals surface area (Å²) in [6, 6.07) is 8.01. The molecule has 0 aliphatic carbocycles. The maximum Gasteiger partial charge on any atom is 0.257 e. The van der Waals surface area contributed by atoms with Gasteiger partial charge in [-0.2, -0.15) is 0 Å². The summed E-state index contributed by atoms with van der Waals surface area (Å²) in [5.41, 5.74) is 2.56. The molecule has 3 aromatic rings. The lowest BCUT2D eigenvalue weighted by Crippen LogP contribution is -2.39. The fourth-order valence-corrected chi connectivity index (χ4v) is 3.14. The van der Waals surface area contributed by atoms with Crippen molar-refractivity contribution in [1.29, 1.82) is 0 Å². The summed E-state index contributed by atoms with van der Waals surface area (Å²) in [6.45, 7) is 1.44. The van der Waals surface area contributed by atoms with Crippen molar-refractivity contribution in [3.63, 3.8) is 0 Å². The number of carbonyl (C=O) groups excluding carboxylic acids is 1. The van der Waals surface area contributed by atoms with E-state index in [1.807, 2.05) is 29.2 Å². The molecular formula is C17H17N5O. The Morgan fingerprint density at radius 1 is 1.22 bits per heavy atom. The SMILES string of the molecule is O=C(c1cncnc1)N1CCCC(c2nc3ccccc3[nH]2)C1. The van der Waals surface area contributed by atoms with Crippen LogP contribution in [0.2, 0.25) is 0 Å². The maximum atomic E-state index is 12.6. The zero-order chi connectivity index (χ0) is 15.6. The summed E-state index contributed by atoms with van der Waals surface area (Å²) in [4.78, 5) is 30.4. The number of imidazole rings is 1. The van der Waals surface area contributed by atoms with Gasteiger partial charge in [0.05, 0.1) is 16.6 Å². The van der Waals surface area contributed by atoms with Gasteiger partial charge in [-0.25, -0.2) is 15.0 Å². The van der Waals surface area contributed by atoms with E-state index < -0.39 is 0 Å². The Hall–Kier alpha value is -2.76. The van der Waals surface area contributed by atoms with E-state index in [0.717, 1.165) is 36.2 Å². The third-order valence-corrected chi connectivity index (χ3v) is 4.31. The number of para-hydroxylation sites is 2. The molecule has 1 N–H and O–H groups in total. The van der Waals surface area contributed by atoms with E-state index >= 15 is 0 Å². The largest absolute Gasteiger partial charge is 0.342 e. The first-order valence-electron chi connectivity index (χ1n) is 7.80. The molecule has 1 aliphatic rings. The number of piperidine rings is 1. The van der Waals surface area contributed by atoms with Crippen LogP contribution in [0.1, 0.15) is 34.9 Å². The highest BCUT2D eigenvalue weighted by molar-refractivity contribution is 5.93. The minimum absolute atomic E-state index is 0.00795. The molecule has 1 saturated heterocycles. The van der Waals surface area contributed by atoms with Gasteiger partial charge in [0.15, 0.2) is 0 Å². The zero-order valence-corrected chi connectivity index (χ0v) is 12.6. The van der Waals surface area contributed by atoms with E-state index in [1.54, 1.807) is 12.4 Å². The van der Waals surface area contributed by atoms with Gasteiger partial charge in [-0.05, 0) is 25.0 Å². The molecule has 4 rings (SSSR count). The van der Waals surface area contributed by atoms with Crippen LogP contribution < -0.4 is 0 Å². The first-order chi connectivity index (χ1) is 11.3. The number of aromatic amines is 1. The molecule has 0 spiro atoms. The Bertz CT molecular complexity index is 796. The lowest BCUT2D eigenvalue weighted by Gasteiger charge is -2.31. The van der Waals surface area contributed by atoms with Crippen LogP contribution in [0.15, 0.2) is 43.0 Å². The topological polar surface area (TPSA) is 74.8 Å². The van der Waals surface area contributed by atoms with Gasteiger partial charge in [-0.15, -0.1) is 0 Å². The lowest BCUT2D eigenvalue weighted by atomic mass is 9.97. The second-order valence-electron chi connectivity index (χ2n) is 5.86. The number of carbonyl (C=O) groups is 1. The summed E-state index contributed by atoms with van der Waals surface area (Å²) in [6.07, 6.45) is 6.58. The first-order valence-corrected chi connectivity index (χ1v) is 7.80. The maximum absolute atomic E-state index is 12.6. The van der Waals surface area contributed by atoms with E-state index in [-0.39, 0.29) is 11.8 Å². The van der Waals surface area contributed by atoms with Crippen molar-refractivity contribution >= 4 is 16.9 Å². The zero-order valence-electron chi connectivity index (χ0n) is 12.6. The van der Waals surface area contributed by atoms with E-state index in [1.165, 1.54) is 6.33 Å². The summed E-state index contributed by atoms with van der Waals surface area (Å²) >= 11 is 0. The van der Waals surface area contributed by atoms with E-state index in [4.69, 9.17) is 0 Å². The highest BCUT2D eigenvalue weighted by Gasteiger charge is 2.27. The molecule has 23 heavy (non-hydrogen) atoms. The molecule has 1 amide bonds. The number of fused-ring (bicyclic) bond motifs is 1. The van der Waals surface area contributed by atoms with Crippen LogP contribution in [-0.2, 0) is 0 Å². The van der Waals surface area contributed by atoms with Crippen LogP contribution in [0.3, 0.4) is 0 Å². The van der Waals surface area contributed by atoms with E-state index in [0.29, 0.717) is 12.1 Å². The smallest absolute Gasteiger partial charge is 0.257 e. The Kier molecular flexibility index (Phi) is 3.49. The van der Waals surface area contributed by atoms with Gasteiger partial charge in [-0.3, -0.25) is 4.79 Å². The Labute approximate surface area is 133 Å². The molecule has 116 valence electrons. The van der Waals surface area contributed by atoms with Crippen LogP contribution in [0, 0.1) is 0 Å². The van der Waals surface area contributed by atoms with Crippen molar-refractivity contribution in [3.8, 4) is 0 Å². The molecule has 0 saturated carbocycles. The molecule has 6 nitrogen and oxygen atoms in total. The molecule has 1 atom stereocenters. The quantitative estimate of drug-likeness (QED) is 0.788. The van der Waals surface area contributed by atoms with Crippen molar-refractivity contribution in [2.75, 3.05) is 13.1 Å². The van der Waals surface area contributed by atoms with Crippen molar-refractivity contribution in [2.24, 2.45) is 0 Å². The van der Waals surface area contributed by atoms with Crippen LogP contribution in [0.25, 0.3) is 11.0 Å². The van der Waals surface area contributed by atoms with Gasteiger partial charge in [0.25, 0.3) is 5.91 Å². The molecule has 6 heteroatoms. The Morgan fingerprint density at radius 2 is 2.04 bits per heavy atom. The van der Waals surface area contributed by atoms with E-state index in [9.17, 15) is 4.79 Å². The predicted molar refractivity (Wildman–Crippen MR) is 86.0 cm³/mol. The average Bonchev–Trinajstić information content (AvgIpc) is 3.06. The van der Waals surface area contributed by atoms with Gasteiger partial charge >= 0.3 is 0 Å². The standard InChI is InChI=1S/C17H17N5O/c23-17(13-8-18-11-19-9-13)22-7-3-4-12(10-22)16-20-14-5-1-2-6-15(14)21-16/h1-2,5-6,8-9,11-12H,3-4,7,10H2,(H,20,21). The summed E-state index contributed by atoms with van der Waals surface area (Å²) in [7, 11) is 0. The number of aromatic nitrogens is 4. The molecule has 1 aliphatic heterocycles. The van der Waals surface area contributed by atoms with Crippen LogP contribution >= 0.6 is 0 Å². The Morgan fingerprint density at radius 3 is 2.87 bits per heavy atom. The predicted octanol–water partition coefficient (Wildman–Crippen LogP) is 2.37. The number of rotatable bonds is 2. The van der Waals surface area contributed by atoms with Crippen molar-refractivity contribution < 1.29 is 4.79 Å². The van der Waals surface area contributed by atoms with E-state index in [2.05, 4.69) is 19.9 Å². The third-order valence-electron chi connectivity index (χ3n) is 4.31. The lowest BCUT2D eigenvalue weighted by molar-refractivity contribution is 0.0704. The minimum Gasteiger partial charge on any atom is -0.342 e. The van der Waals surface area contributed by atoms with Gasteiger partial charge in [0, 0.05) is 31.4 Å². The first kappa shape index (κ1) is 13.9. The fraction of sp³-hybridized carbons (Fsp3) is 0.294. The van der Waals surface area contributed by atoms with Crippen molar-refractivity contribution in [1.82, 2.24) is 24.8 Å². The van der Waals surface area contributed by atoms with Gasteiger partial charge in [-0.1, -0.05) is 12.1 Å². The molecule has 3 heterocycles. The average molecular weight is 307 g/mol. The summed E-state index contributed by atoms with van der Waals surface area (Å²) in [5.74, 6) is 1.20. The van der Waals surface area contributed by atoms with Crippen molar-refractivity contribution in [3.05, 3.63) is 54.4 Å². The van der Waals surface area contributed by atoms with Crippen LogP contribution in [0.5, 0.6) is 0 Å². The van der Waals surface area contributed by atoms with Crippen molar-refractivity contribution in [2.45, 2.75) is 18.8 Å². The third kappa shape index (κ3) is 2.67. The molecule has 1 fully saturated rings. The summed E-state index contributed by atoms with van der Waals surface area (Å²) < 4.78 is 0. The molecule has 2 aromatic heterocycles. The minimum atomic E-state index is -0.00795. The number of benzene rings is 1. The van der Waals surface area contributed by atoms with Crippen LogP contribution in [0.4, 0.5) is 0 Å². The molecule has 1 unspecified atom stereocenters. The van der Waals surface area contributed by atoms with Crippen LogP contribution in [-0.4, -0.2) is 43.8 Å². The van der Waals surface area contributed by atoms with Gasteiger partial charge in [0.2, 0.25) is 0 Å². The number of amides is 1. The molecular weight excluding hydrogens is 290 g/mol. The number of nitrogens with one attached hydrogen (secondary N) is 1. The number of H-pyrrole nitrogens is 1. The monoisotopic (exact) mass is 307 g/mol. The number of hydrogen-bond acceptors (Lipinski definition) is 4. The fourth-order valence-electron chi connectivity index (χ4n) is 3.14. The van der Waals surface area contributed by atoms with Gasteiger partial charge < -0.3 is 9.88 Å². The summed E-state index contributed by atoms with van der Waals surface area (Å²) in [5, 5.41) is 0. The molecule has 1 aromatic carbocycles. The second-order valence-corrected chi connectivity index (χ2v) is 5.86. The number of nitrogens with zero attached hydrogens (tertiary/aromatic N) is 4. The normalized spacial score (nSPS) is 18.3. The highest BCUT2D eigenvalue weighted by Crippen LogP contribution is 2.27.